The molecule has 1 heterocycles. The number of rotatable bonds is 4. The predicted molar refractivity (Wildman–Crippen MR) is 100 cm³/mol. The monoisotopic (exact) mass is 358 g/mol. The lowest BCUT2D eigenvalue weighted by Gasteiger charge is -2.16. The van der Waals surface area contributed by atoms with Crippen molar-refractivity contribution in [2.75, 3.05) is 5.32 Å². The van der Waals surface area contributed by atoms with Crippen LogP contribution >= 0.6 is 11.6 Å². The summed E-state index contributed by atoms with van der Waals surface area (Å²) in [5, 5.41) is 6.88. The largest absolute Gasteiger partial charge is 0.349 e. The Morgan fingerprint density at radius 2 is 1.80 bits per heavy atom. The summed E-state index contributed by atoms with van der Waals surface area (Å²) in [6, 6.07) is 5.94. The van der Waals surface area contributed by atoms with E-state index in [1.807, 2.05) is 25.1 Å². The Labute approximate surface area is 153 Å². The predicted octanol–water partition coefficient (Wildman–Crippen LogP) is 4.63. The molecular weight excluding hydrogens is 336 g/mol. The van der Waals surface area contributed by atoms with Gasteiger partial charge < -0.3 is 10.6 Å². The fraction of sp³-hybridized carbons (Fsp3) is 0.421. The zero-order valence-electron chi connectivity index (χ0n) is 14.4. The molecule has 132 valence electrons. The minimum Gasteiger partial charge on any atom is -0.349 e. The maximum absolute atomic E-state index is 12.3. The molecule has 1 aliphatic rings. The van der Waals surface area contributed by atoms with Crippen molar-refractivity contribution in [2.45, 2.75) is 51.5 Å². The molecule has 1 aromatic heterocycles. The lowest BCUT2D eigenvalue weighted by molar-refractivity contribution is 0.0932. The Morgan fingerprint density at radius 3 is 2.44 bits per heavy atom. The van der Waals surface area contributed by atoms with E-state index in [1.165, 1.54) is 25.7 Å². The van der Waals surface area contributed by atoms with Gasteiger partial charge in [-0.15, -0.1) is 0 Å². The summed E-state index contributed by atoms with van der Waals surface area (Å²) < 4.78 is 0. The fourth-order valence-electron chi connectivity index (χ4n) is 3.00. The molecule has 3 rings (SSSR count). The van der Waals surface area contributed by atoms with Crippen LogP contribution in [0, 0.1) is 6.92 Å². The Balaban J connectivity index is 1.60. The third-order valence-corrected chi connectivity index (χ3v) is 4.94. The highest BCUT2D eigenvalue weighted by Crippen LogP contribution is 2.22. The van der Waals surface area contributed by atoms with Gasteiger partial charge in [0.25, 0.3) is 5.91 Å². The third kappa shape index (κ3) is 4.92. The number of carbonyl (C=O) groups is 1. The van der Waals surface area contributed by atoms with Gasteiger partial charge in [-0.1, -0.05) is 43.4 Å². The molecular formula is C19H23ClN4O. The highest BCUT2D eigenvalue weighted by molar-refractivity contribution is 6.31. The normalized spacial score (nSPS) is 15.4. The average Bonchev–Trinajstić information content (AvgIpc) is 2.87. The fourth-order valence-corrected chi connectivity index (χ4v) is 3.18. The second-order valence-electron chi connectivity index (χ2n) is 6.55. The Bertz CT molecular complexity index is 725. The van der Waals surface area contributed by atoms with Crippen LogP contribution in [0.3, 0.4) is 0 Å². The molecule has 0 bridgehead atoms. The number of amides is 1. The Morgan fingerprint density at radius 1 is 1.12 bits per heavy atom. The van der Waals surface area contributed by atoms with E-state index in [2.05, 4.69) is 20.6 Å². The number of nitrogens with zero attached hydrogens (tertiary/aromatic N) is 2. The first-order valence-corrected chi connectivity index (χ1v) is 9.16. The van der Waals surface area contributed by atoms with Gasteiger partial charge in [-0.2, -0.15) is 0 Å². The molecule has 1 amide bonds. The summed E-state index contributed by atoms with van der Waals surface area (Å²) >= 11 is 6.12. The summed E-state index contributed by atoms with van der Waals surface area (Å²) in [5.41, 5.74) is 2.31. The van der Waals surface area contributed by atoms with Gasteiger partial charge in [0.15, 0.2) is 0 Å². The van der Waals surface area contributed by atoms with Gasteiger partial charge in [-0.25, -0.2) is 9.97 Å². The van der Waals surface area contributed by atoms with Crippen molar-refractivity contribution in [1.29, 1.82) is 0 Å². The molecule has 0 atom stereocenters. The third-order valence-electron chi connectivity index (χ3n) is 4.53. The van der Waals surface area contributed by atoms with E-state index < -0.39 is 0 Å². The van der Waals surface area contributed by atoms with Crippen molar-refractivity contribution in [3.8, 4) is 0 Å². The van der Waals surface area contributed by atoms with Crippen LogP contribution in [0.2, 0.25) is 5.02 Å². The molecule has 5 nitrogen and oxygen atoms in total. The molecule has 1 saturated carbocycles. The lowest BCUT2D eigenvalue weighted by Crippen LogP contribution is -2.34. The zero-order valence-corrected chi connectivity index (χ0v) is 15.1. The van der Waals surface area contributed by atoms with Gasteiger partial charge in [0.1, 0.15) is 0 Å². The van der Waals surface area contributed by atoms with Crippen LogP contribution in [0.5, 0.6) is 0 Å². The number of carbonyl (C=O) groups excluding carboxylic acids is 1. The molecule has 1 fully saturated rings. The van der Waals surface area contributed by atoms with Crippen LogP contribution in [0.25, 0.3) is 0 Å². The second kappa shape index (κ2) is 8.30. The molecule has 2 aromatic rings. The smallest absolute Gasteiger partial charge is 0.254 e. The van der Waals surface area contributed by atoms with Gasteiger partial charge >= 0.3 is 0 Å². The standard InChI is InChI=1S/C19H23ClN4O/c1-13-8-9-16(10-17(13)20)24-19-21-11-14(12-22-19)18(25)23-15-6-4-2-3-5-7-15/h8-12,15H,2-7H2,1H3,(H,23,25)(H,21,22,24). The Hall–Kier alpha value is -2.14. The highest BCUT2D eigenvalue weighted by atomic mass is 35.5. The number of hydrogen-bond acceptors (Lipinski definition) is 4. The van der Waals surface area contributed by atoms with Gasteiger partial charge in [0, 0.05) is 29.1 Å². The number of nitrogens with one attached hydrogen (secondary N) is 2. The van der Waals surface area contributed by atoms with Gasteiger partial charge in [-0.3, -0.25) is 4.79 Å². The van der Waals surface area contributed by atoms with E-state index in [-0.39, 0.29) is 11.9 Å². The van der Waals surface area contributed by atoms with Crippen molar-refractivity contribution in [3.05, 3.63) is 46.7 Å². The highest BCUT2D eigenvalue weighted by Gasteiger charge is 2.16. The minimum atomic E-state index is -0.100. The van der Waals surface area contributed by atoms with E-state index in [1.54, 1.807) is 12.4 Å². The van der Waals surface area contributed by atoms with E-state index in [0.29, 0.717) is 16.5 Å². The molecule has 1 aliphatic carbocycles. The van der Waals surface area contributed by atoms with Crippen LogP contribution in [-0.2, 0) is 0 Å². The Kier molecular flexibility index (Phi) is 5.87. The topological polar surface area (TPSA) is 66.9 Å². The van der Waals surface area contributed by atoms with Crippen molar-refractivity contribution in [3.63, 3.8) is 0 Å². The van der Waals surface area contributed by atoms with E-state index in [0.717, 1.165) is 24.1 Å². The van der Waals surface area contributed by atoms with Gasteiger partial charge in [0.2, 0.25) is 5.95 Å². The van der Waals surface area contributed by atoms with Gasteiger partial charge in [0.05, 0.1) is 5.56 Å². The number of hydrogen-bond donors (Lipinski definition) is 2. The number of aryl methyl sites for hydroxylation is 1. The SMILES string of the molecule is Cc1ccc(Nc2ncc(C(=O)NC3CCCCCC3)cn2)cc1Cl. The summed E-state index contributed by atoms with van der Waals surface area (Å²) in [6.45, 7) is 1.95. The van der Waals surface area contributed by atoms with Crippen molar-refractivity contribution in [1.82, 2.24) is 15.3 Å². The zero-order chi connectivity index (χ0) is 17.6. The summed E-state index contributed by atoms with van der Waals surface area (Å²) in [6.07, 6.45) is 10.1. The first kappa shape index (κ1) is 17.7. The maximum atomic E-state index is 12.3. The summed E-state index contributed by atoms with van der Waals surface area (Å²) in [5.74, 6) is 0.336. The van der Waals surface area contributed by atoms with Crippen LogP contribution in [-0.4, -0.2) is 21.9 Å². The lowest BCUT2D eigenvalue weighted by atomic mass is 10.1. The van der Waals surface area contributed by atoms with Crippen molar-refractivity contribution < 1.29 is 4.79 Å². The van der Waals surface area contributed by atoms with E-state index >= 15 is 0 Å². The van der Waals surface area contributed by atoms with Crippen LogP contribution in [0.15, 0.2) is 30.6 Å². The van der Waals surface area contributed by atoms with Crippen molar-refractivity contribution in [2.24, 2.45) is 0 Å². The minimum absolute atomic E-state index is 0.100. The molecule has 0 saturated heterocycles. The number of anilines is 2. The number of benzene rings is 1. The molecule has 0 spiro atoms. The van der Waals surface area contributed by atoms with Crippen molar-refractivity contribution >= 4 is 29.1 Å². The van der Waals surface area contributed by atoms with Crippen LogP contribution in [0.1, 0.15) is 54.4 Å². The molecule has 2 N–H and O–H groups in total. The number of aromatic nitrogens is 2. The average molecular weight is 359 g/mol. The molecule has 6 heteroatoms. The molecule has 0 aliphatic heterocycles. The summed E-state index contributed by atoms with van der Waals surface area (Å²) in [7, 11) is 0. The molecule has 25 heavy (non-hydrogen) atoms. The number of halogens is 1. The van der Waals surface area contributed by atoms with Gasteiger partial charge in [-0.05, 0) is 37.5 Å². The second-order valence-corrected chi connectivity index (χ2v) is 6.95. The van der Waals surface area contributed by atoms with Crippen LogP contribution in [0.4, 0.5) is 11.6 Å². The molecule has 0 radical (unpaired) electrons. The first-order chi connectivity index (χ1) is 12.1. The molecule has 1 aromatic carbocycles. The first-order valence-electron chi connectivity index (χ1n) is 8.78. The van der Waals surface area contributed by atoms with E-state index in [4.69, 9.17) is 11.6 Å². The van der Waals surface area contributed by atoms with E-state index in [9.17, 15) is 4.79 Å². The maximum Gasteiger partial charge on any atom is 0.254 e. The summed E-state index contributed by atoms with van der Waals surface area (Å²) in [4.78, 5) is 20.8. The quantitative estimate of drug-likeness (QED) is 0.781. The molecule has 0 unspecified atom stereocenters. The van der Waals surface area contributed by atoms with Crippen LogP contribution < -0.4 is 10.6 Å².